The molecule has 1 atom stereocenters. The van der Waals surface area contributed by atoms with Gasteiger partial charge in [0.1, 0.15) is 30.5 Å². The highest BCUT2D eigenvalue weighted by molar-refractivity contribution is 7.17. The van der Waals surface area contributed by atoms with E-state index >= 15 is 0 Å². The van der Waals surface area contributed by atoms with Crippen LogP contribution in [-0.4, -0.2) is 26.2 Å². The van der Waals surface area contributed by atoms with Crippen LogP contribution in [0.5, 0.6) is 11.5 Å². The van der Waals surface area contributed by atoms with Crippen molar-refractivity contribution in [3.63, 3.8) is 0 Å². The van der Waals surface area contributed by atoms with Crippen molar-refractivity contribution in [2.45, 2.75) is 32.8 Å². The van der Waals surface area contributed by atoms with Crippen LogP contribution in [0.2, 0.25) is 0 Å². The Morgan fingerprint density at radius 2 is 1.87 bits per heavy atom. The van der Waals surface area contributed by atoms with Gasteiger partial charge in [0.2, 0.25) is 0 Å². The van der Waals surface area contributed by atoms with Crippen LogP contribution in [0.15, 0.2) is 76.4 Å². The van der Waals surface area contributed by atoms with E-state index in [1.165, 1.54) is 15.6 Å². The SMILES string of the molecule is CC#C[C@@H](C/C(N)=N/N=N)c1ccc(OCc2ccc3scc(-c4cccc(OCCOC)c4C)c3c2)cc1. The van der Waals surface area contributed by atoms with E-state index < -0.39 is 0 Å². The Bertz CT molecular complexity index is 1520. The number of rotatable bonds is 12. The van der Waals surface area contributed by atoms with Gasteiger partial charge < -0.3 is 19.9 Å². The second kappa shape index (κ2) is 13.6. The predicted molar refractivity (Wildman–Crippen MR) is 158 cm³/mol. The molecule has 0 aliphatic carbocycles. The summed E-state index contributed by atoms with van der Waals surface area (Å²) in [6, 6.07) is 20.5. The van der Waals surface area contributed by atoms with Gasteiger partial charge in [-0.25, -0.2) is 0 Å². The minimum atomic E-state index is -0.124. The van der Waals surface area contributed by atoms with Crippen molar-refractivity contribution in [3.8, 4) is 34.5 Å². The Morgan fingerprint density at radius 1 is 1.05 bits per heavy atom. The topological polar surface area (TPSA) is 102 Å². The standard InChI is InChI=1S/C31H32N4O3S/c1-4-6-24(18-31(32)34-35-33)23-10-12-25(13-11-23)38-19-22-9-14-30-27(17-22)28(20-39-30)26-7-5-8-29(21(26)2)37-16-15-36-3/h5,7-14,17,20,24H,15-16,18-19H2,1-3H3,(H3,32,33,34)/t24-/m0/s1. The van der Waals surface area contributed by atoms with E-state index in [4.69, 9.17) is 25.5 Å². The van der Waals surface area contributed by atoms with Gasteiger partial charge >= 0.3 is 0 Å². The van der Waals surface area contributed by atoms with Gasteiger partial charge in [0.15, 0.2) is 0 Å². The molecule has 200 valence electrons. The van der Waals surface area contributed by atoms with Crippen LogP contribution in [0.3, 0.4) is 0 Å². The summed E-state index contributed by atoms with van der Waals surface area (Å²) < 4.78 is 18.4. The first-order chi connectivity index (χ1) is 19.0. The molecule has 0 aliphatic rings. The van der Waals surface area contributed by atoms with Gasteiger partial charge in [0.25, 0.3) is 0 Å². The van der Waals surface area contributed by atoms with Crippen molar-refractivity contribution in [1.82, 2.24) is 0 Å². The Balaban J connectivity index is 1.49. The van der Waals surface area contributed by atoms with Gasteiger partial charge in [0.05, 0.1) is 12.5 Å². The fraction of sp³-hybridized carbons (Fsp3) is 0.258. The summed E-state index contributed by atoms with van der Waals surface area (Å²) in [4.78, 5) is 0. The number of amidine groups is 1. The molecule has 0 saturated carbocycles. The van der Waals surface area contributed by atoms with Gasteiger partial charge in [-0.2, -0.15) is 5.53 Å². The lowest BCUT2D eigenvalue weighted by Gasteiger charge is -2.13. The Hall–Kier alpha value is -4.19. The van der Waals surface area contributed by atoms with E-state index in [2.05, 4.69) is 58.7 Å². The lowest BCUT2D eigenvalue weighted by Crippen LogP contribution is -2.15. The molecule has 0 bridgehead atoms. The third kappa shape index (κ3) is 7.02. The average molecular weight is 541 g/mol. The molecule has 3 aromatic carbocycles. The first kappa shape index (κ1) is 27.8. The van der Waals surface area contributed by atoms with Gasteiger partial charge in [-0.15, -0.1) is 22.4 Å². The zero-order chi connectivity index (χ0) is 27.6. The van der Waals surface area contributed by atoms with Crippen LogP contribution in [0.25, 0.3) is 21.2 Å². The summed E-state index contributed by atoms with van der Waals surface area (Å²) in [6.45, 7) is 5.41. The number of hydrogen-bond donors (Lipinski definition) is 2. The maximum atomic E-state index is 6.86. The highest BCUT2D eigenvalue weighted by Gasteiger charge is 2.14. The number of nitrogens with zero attached hydrogens (tertiary/aromatic N) is 2. The molecule has 3 N–H and O–H groups in total. The molecule has 0 unspecified atom stereocenters. The molecule has 0 radical (unpaired) electrons. The molecule has 4 rings (SSSR count). The van der Waals surface area contributed by atoms with Crippen molar-refractivity contribution in [2.75, 3.05) is 20.3 Å². The molecule has 8 heteroatoms. The smallest absolute Gasteiger partial charge is 0.125 e. The Labute approximate surface area is 233 Å². The summed E-state index contributed by atoms with van der Waals surface area (Å²) in [5.41, 5.74) is 18.3. The second-order valence-electron chi connectivity index (χ2n) is 8.95. The number of nitrogens with two attached hydrogens (primary N) is 1. The highest BCUT2D eigenvalue weighted by atomic mass is 32.1. The van der Waals surface area contributed by atoms with Crippen LogP contribution in [0.1, 0.15) is 36.0 Å². The Morgan fingerprint density at radius 3 is 2.62 bits per heavy atom. The molecule has 1 heterocycles. The molecular formula is C31H32N4O3S. The maximum Gasteiger partial charge on any atom is 0.125 e. The van der Waals surface area contributed by atoms with Crippen LogP contribution in [-0.2, 0) is 11.3 Å². The zero-order valence-electron chi connectivity index (χ0n) is 22.4. The van der Waals surface area contributed by atoms with E-state index in [0.29, 0.717) is 26.2 Å². The van der Waals surface area contributed by atoms with Crippen LogP contribution in [0, 0.1) is 24.3 Å². The second-order valence-corrected chi connectivity index (χ2v) is 9.86. The fourth-order valence-corrected chi connectivity index (χ4v) is 5.32. The molecular weight excluding hydrogens is 508 g/mol. The number of benzene rings is 3. The summed E-state index contributed by atoms with van der Waals surface area (Å²) >= 11 is 1.74. The van der Waals surface area contributed by atoms with Gasteiger partial charge in [-0.3, -0.25) is 0 Å². The zero-order valence-corrected chi connectivity index (χ0v) is 23.2. The number of hydrogen-bond acceptors (Lipinski definition) is 6. The highest BCUT2D eigenvalue weighted by Crippen LogP contribution is 2.38. The first-order valence-electron chi connectivity index (χ1n) is 12.6. The van der Waals surface area contributed by atoms with E-state index in [0.717, 1.165) is 33.8 Å². The lowest BCUT2D eigenvalue weighted by molar-refractivity contribution is 0.146. The maximum absolute atomic E-state index is 6.86. The van der Waals surface area contributed by atoms with Crippen LogP contribution in [0.4, 0.5) is 0 Å². The molecule has 7 nitrogen and oxygen atoms in total. The quantitative estimate of drug-likeness (QED) is 0.0492. The third-order valence-electron chi connectivity index (χ3n) is 6.36. The van der Waals surface area contributed by atoms with E-state index in [1.54, 1.807) is 25.4 Å². The molecule has 0 fully saturated rings. The molecule has 0 aliphatic heterocycles. The summed E-state index contributed by atoms with van der Waals surface area (Å²) in [5.74, 6) is 7.89. The van der Waals surface area contributed by atoms with Gasteiger partial charge in [0, 0.05) is 29.2 Å². The summed E-state index contributed by atoms with van der Waals surface area (Å²) in [6.07, 6.45) is 0.411. The third-order valence-corrected chi connectivity index (χ3v) is 7.32. The molecule has 39 heavy (non-hydrogen) atoms. The van der Waals surface area contributed by atoms with Crippen molar-refractivity contribution in [2.24, 2.45) is 16.1 Å². The summed E-state index contributed by atoms with van der Waals surface area (Å²) in [5, 5.41) is 10.0. The largest absolute Gasteiger partial charge is 0.491 e. The van der Waals surface area contributed by atoms with Crippen LogP contribution >= 0.6 is 11.3 Å². The number of ether oxygens (including phenoxy) is 3. The predicted octanol–water partition coefficient (Wildman–Crippen LogP) is 7.28. The van der Waals surface area contributed by atoms with Gasteiger partial charge in [-0.1, -0.05) is 41.5 Å². The van der Waals surface area contributed by atoms with E-state index in [9.17, 15) is 0 Å². The first-order valence-corrected chi connectivity index (χ1v) is 13.5. The minimum absolute atomic E-state index is 0.124. The number of fused-ring (bicyclic) bond motifs is 1. The van der Waals surface area contributed by atoms with E-state index in [1.807, 2.05) is 36.4 Å². The van der Waals surface area contributed by atoms with Crippen molar-refractivity contribution < 1.29 is 14.2 Å². The molecule has 1 aromatic heterocycles. The number of thiophene rings is 1. The Kier molecular flexibility index (Phi) is 9.68. The molecule has 4 aromatic rings. The summed E-state index contributed by atoms with van der Waals surface area (Å²) in [7, 11) is 1.67. The molecule has 0 amide bonds. The van der Waals surface area contributed by atoms with Crippen molar-refractivity contribution in [1.29, 1.82) is 5.53 Å². The number of methoxy groups -OCH3 is 1. The van der Waals surface area contributed by atoms with Crippen molar-refractivity contribution >= 4 is 27.3 Å². The fourth-order valence-electron chi connectivity index (χ4n) is 4.38. The average Bonchev–Trinajstić information content (AvgIpc) is 3.36. The number of nitrogens with one attached hydrogen (secondary N) is 1. The van der Waals surface area contributed by atoms with Gasteiger partial charge in [-0.05, 0) is 71.8 Å². The van der Waals surface area contributed by atoms with Crippen LogP contribution < -0.4 is 15.2 Å². The minimum Gasteiger partial charge on any atom is -0.491 e. The molecule has 0 spiro atoms. The molecule has 0 saturated heterocycles. The monoisotopic (exact) mass is 540 g/mol. The van der Waals surface area contributed by atoms with Crippen molar-refractivity contribution in [3.05, 3.63) is 82.7 Å². The lowest BCUT2D eigenvalue weighted by atomic mass is 9.95. The van der Waals surface area contributed by atoms with E-state index in [-0.39, 0.29) is 11.8 Å². The normalized spacial score (nSPS) is 12.0.